The van der Waals surface area contributed by atoms with E-state index in [4.69, 9.17) is 11.5 Å². The summed E-state index contributed by atoms with van der Waals surface area (Å²) in [5, 5.41) is 47.3. The average Bonchev–Trinajstić information content (AvgIpc) is 3.69. The van der Waals surface area contributed by atoms with E-state index in [1.54, 1.807) is 0 Å². The molecular formula is C36H60N10O14. The second-order valence-corrected chi connectivity index (χ2v) is 15.1. The number of unbranched alkanes of at least 4 members (excludes halogenated alkanes) is 1. The smallest absolute Gasteiger partial charge is 0.326 e. The van der Waals surface area contributed by atoms with Crippen LogP contribution < -0.4 is 54.0 Å². The summed E-state index contributed by atoms with van der Waals surface area (Å²) in [6, 6.07) is -9.82. The molecule has 0 radical (unpaired) electrons. The zero-order valence-corrected chi connectivity index (χ0v) is 34.2. The van der Waals surface area contributed by atoms with Crippen molar-refractivity contribution in [3.8, 4) is 0 Å². The Morgan fingerprint density at radius 2 is 1.17 bits per heavy atom. The summed E-state index contributed by atoms with van der Waals surface area (Å²) in [7, 11) is 0. The number of carbonyl (C=O) groups is 11. The van der Waals surface area contributed by atoms with Gasteiger partial charge in [0.25, 0.3) is 0 Å². The summed E-state index contributed by atoms with van der Waals surface area (Å²) in [6.45, 7) is 6.51. The number of carbonyl (C=O) groups excluding carboxylic acids is 8. The monoisotopic (exact) mass is 856 g/mol. The minimum Gasteiger partial charge on any atom is -0.481 e. The third kappa shape index (κ3) is 19.7. The van der Waals surface area contributed by atoms with Gasteiger partial charge in [-0.2, -0.15) is 0 Å². The summed E-state index contributed by atoms with van der Waals surface area (Å²) in [6.07, 6.45) is -0.546. The van der Waals surface area contributed by atoms with Crippen LogP contribution in [0, 0.1) is 11.8 Å². The fraction of sp³-hybridized carbons (Fsp3) is 0.694. The summed E-state index contributed by atoms with van der Waals surface area (Å²) in [5.41, 5.74) is 10.8. The van der Waals surface area contributed by atoms with Crippen LogP contribution in [0.3, 0.4) is 0 Å². The number of rotatable bonds is 28. The van der Waals surface area contributed by atoms with Gasteiger partial charge in [-0.1, -0.05) is 27.7 Å². The minimum atomic E-state index is -1.93. The van der Waals surface area contributed by atoms with Crippen molar-refractivity contribution in [3.05, 3.63) is 0 Å². The van der Waals surface area contributed by atoms with Gasteiger partial charge in [0.2, 0.25) is 47.3 Å². The van der Waals surface area contributed by atoms with E-state index < -0.39 is 133 Å². The summed E-state index contributed by atoms with van der Waals surface area (Å²) < 4.78 is 0. The fourth-order valence-electron chi connectivity index (χ4n) is 5.94. The maximum atomic E-state index is 13.5. The molecule has 24 nitrogen and oxygen atoms in total. The molecule has 1 aliphatic heterocycles. The van der Waals surface area contributed by atoms with Gasteiger partial charge < -0.3 is 69.3 Å². The molecule has 1 saturated heterocycles. The van der Waals surface area contributed by atoms with E-state index >= 15 is 0 Å². The lowest BCUT2D eigenvalue weighted by Gasteiger charge is -2.26. The topological polar surface area (TPSA) is 397 Å². The van der Waals surface area contributed by atoms with Gasteiger partial charge in [0.15, 0.2) is 0 Å². The maximum absolute atomic E-state index is 13.5. The zero-order chi connectivity index (χ0) is 45.7. The van der Waals surface area contributed by atoms with Crippen molar-refractivity contribution in [1.29, 1.82) is 0 Å². The van der Waals surface area contributed by atoms with Crippen LogP contribution in [0.5, 0.6) is 0 Å². The Kier molecular flexibility index (Phi) is 22.8. The lowest BCUT2D eigenvalue weighted by atomic mass is 10.0. The quantitative estimate of drug-likeness (QED) is 0.0330. The van der Waals surface area contributed by atoms with Crippen molar-refractivity contribution in [2.75, 3.05) is 19.6 Å². The molecule has 0 saturated carbocycles. The first-order chi connectivity index (χ1) is 28.0. The Hall–Kier alpha value is -5.91. The SMILES string of the molecule is CC(C)CC(NC(=O)C1CCCN1)C(=O)NC(CCCCN)C(=O)NC(CC(=O)O)C(=O)NCC(=O)NC(CC(=O)O)C(=O)NC(CC(N)=O)C(=O)NC(C(=O)O)C(C)C. The predicted molar refractivity (Wildman–Crippen MR) is 209 cm³/mol. The molecule has 60 heavy (non-hydrogen) atoms. The number of hydrogen-bond acceptors (Lipinski definition) is 13. The molecule has 0 aromatic carbocycles. The van der Waals surface area contributed by atoms with Crippen LogP contribution in [-0.2, 0) is 52.7 Å². The van der Waals surface area contributed by atoms with E-state index in [0.717, 1.165) is 6.42 Å². The molecule has 0 aromatic rings. The Bertz CT molecular complexity index is 1570. The van der Waals surface area contributed by atoms with Crippen molar-refractivity contribution < 1.29 is 68.1 Å². The largest absolute Gasteiger partial charge is 0.481 e. The van der Waals surface area contributed by atoms with Gasteiger partial charge in [-0.25, -0.2) is 4.79 Å². The molecule has 1 heterocycles. The zero-order valence-electron chi connectivity index (χ0n) is 34.2. The van der Waals surface area contributed by atoms with E-state index in [1.165, 1.54) is 13.8 Å². The van der Waals surface area contributed by atoms with Crippen molar-refractivity contribution in [1.82, 2.24) is 42.5 Å². The Morgan fingerprint density at radius 1 is 0.650 bits per heavy atom. The van der Waals surface area contributed by atoms with Crippen LogP contribution in [0.2, 0.25) is 0 Å². The van der Waals surface area contributed by atoms with Crippen molar-refractivity contribution in [2.24, 2.45) is 23.3 Å². The number of carboxylic acid groups (broad SMARTS) is 3. The van der Waals surface area contributed by atoms with Gasteiger partial charge in [0.05, 0.1) is 31.8 Å². The van der Waals surface area contributed by atoms with Gasteiger partial charge in [-0.05, 0) is 63.5 Å². The number of primary amides is 1. The first kappa shape index (κ1) is 52.1. The number of amides is 8. The highest BCUT2D eigenvalue weighted by atomic mass is 16.4. The van der Waals surface area contributed by atoms with E-state index in [-0.39, 0.29) is 31.2 Å². The highest BCUT2D eigenvalue weighted by Gasteiger charge is 2.35. The van der Waals surface area contributed by atoms with Crippen LogP contribution in [0.1, 0.15) is 85.5 Å². The molecule has 0 bridgehead atoms. The van der Waals surface area contributed by atoms with Gasteiger partial charge in [0.1, 0.15) is 36.3 Å². The van der Waals surface area contributed by atoms with Gasteiger partial charge >= 0.3 is 17.9 Å². The summed E-state index contributed by atoms with van der Waals surface area (Å²) in [4.78, 5) is 138. The third-order valence-electron chi connectivity index (χ3n) is 9.03. The van der Waals surface area contributed by atoms with Gasteiger partial charge in [-0.3, -0.25) is 47.9 Å². The molecule has 0 aliphatic carbocycles. The molecule has 7 atom stereocenters. The summed E-state index contributed by atoms with van der Waals surface area (Å²) >= 11 is 0. The number of nitrogens with two attached hydrogens (primary N) is 2. The Morgan fingerprint density at radius 3 is 1.65 bits per heavy atom. The first-order valence-electron chi connectivity index (χ1n) is 19.5. The van der Waals surface area contributed by atoms with E-state index in [2.05, 4.69) is 37.2 Å². The number of nitrogens with one attached hydrogen (secondary N) is 8. The maximum Gasteiger partial charge on any atom is 0.326 e. The lowest BCUT2D eigenvalue weighted by Crippen LogP contribution is -2.59. The highest BCUT2D eigenvalue weighted by molar-refractivity contribution is 5.99. The predicted octanol–water partition coefficient (Wildman–Crippen LogP) is -4.50. The molecule has 338 valence electrons. The first-order valence-corrected chi connectivity index (χ1v) is 19.5. The standard InChI is InChI=1S/C36H60N10O14/c1-17(2)12-21(43-31(54)19-9-7-11-39-19)33(56)42-20(8-5-6-10-37)32(55)45-23(14-27(49)50)30(53)40-16-26(48)41-24(15-28(51)52)34(57)44-22(13-25(38)47)35(58)46-29(18(3)4)36(59)60/h17-24,29,39H,5-16,37H2,1-4H3,(H2,38,47)(H,40,53)(H,41,48)(H,42,56)(H,43,54)(H,44,57)(H,45,55)(H,46,58)(H,49,50)(H,51,52)(H,59,60). The van der Waals surface area contributed by atoms with E-state index in [0.29, 0.717) is 25.8 Å². The molecule has 0 aromatic heterocycles. The fourth-order valence-corrected chi connectivity index (χ4v) is 5.94. The molecule has 1 rings (SSSR count). The normalized spacial score (nSPS) is 16.5. The molecular weight excluding hydrogens is 796 g/mol. The van der Waals surface area contributed by atoms with Crippen LogP contribution in [0.15, 0.2) is 0 Å². The molecule has 0 spiro atoms. The van der Waals surface area contributed by atoms with Crippen molar-refractivity contribution >= 4 is 65.2 Å². The summed E-state index contributed by atoms with van der Waals surface area (Å²) in [5.74, 6) is -13.3. The average molecular weight is 857 g/mol. The second-order valence-electron chi connectivity index (χ2n) is 15.1. The molecule has 24 heteroatoms. The molecule has 7 unspecified atom stereocenters. The van der Waals surface area contributed by atoms with Crippen LogP contribution in [0.4, 0.5) is 0 Å². The molecule has 1 aliphatic rings. The molecule has 15 N–H and O–H groups in total. The number of carboxylic acids is 3. The van der Waals surface area contributed by atoms with Gasteiger partial charge in [0, 0.05) is 0 Å². The Labute approximate surface area is 346 Å². The number of aliphatic carboxylic acids is 3. The Balaban J connectivity index is 3.13. The van der Waals surface area contributed by atoms with Gasteiger partial charge in [-0.15, -0.1) is 0 Å². The van der Waals surface area contributed by atoms with Crippen molar-refractivity contribution in [3.63, 3.8) is 0 Å². The van der Waals surface area contributed by atoms with Crippen LogP contribution in [0.25, 0.3) is 0 Å². The molecule has 8 amide bonds. The van der Waals surface area contributed by atoms with Crippen LogP contribution >= 0.6 is 0 Å². The lowest BCUT2D eigenvalue weighted by molar-refractivity contribution is -0.144. The highest BCUT2D eigenvalue weighted by Crippen LogP contribution is 2.11. The molecule has 1 fully saturated rings. The number of hydrogen-bond donors (Lipinski definition) is 13. The van der Waals surface area contributed by atoms with E-state index in [9.17, 15) is 68.1 Å². The second kappa shape index (κ2) is 26.2. The van der Waals surface area contributed by atoms with Crippen LogP contribution in [-0.4, -0.2) is 142 Å². The van der Waals surface area contributed by atoms with Crippen molar-refractivity contribution in [2.45, 2.75) is 128 Å². The minimum absolute atomic E-state index is 0.0119. The van der Waals surface area contributed by atoms with E-state index in [1.807, 2.05) is 19.2 Å². The third-order valence-corrected chi connectivity index (χ3v) is 9.03.